The van der Waals surface area contributed by atoms with Crippen molar-refractivity contribution >= 4 is 29.5 Å². The van der Waals surface area contributed by atoms with Gasteiger partial charge in [-0.2, -0.15) is 11.8 Å². The van der Waals surface area contributed by atoms with Gasteiger partial charge >= 0.3 is 5.97 Å². The second kappa shape index (κ2) is 10.9. The minimum atomic E-state index is -0.378. The SMILES string of the molecule is COC(=O)CCN1CC(OCc2ccncc2)CN(C(=O)CSC)CC1=O. The van der Waals surface area contributed by atoms with E-state index in [9.17, 15) is 14.4 Å². The van der Waals surface area contributed by atoms with Crippen molar-refractivity contribution in [2.24, 2.45) is 0 Å². The van der Waals surface area contributed by atoms with Gasteiger partial charge in [-0.15, -0.1) is 0 Å². The monoisotopic (exact) mass is 395 g/mol. The second-order valence-electron chi connectivity index (χ2n) is 6.16. The zero-order chi connectivity index (χ0) is 19.6. The summed E-state index contributed by atoms with van der Waals surface area (Å²) in [5.74, 6) is -0.352. The lowest BCUT2D eigenvalue weighted by molar-refractivity contribution is -0.142. The van der Waals surface area contributed by atoms with E-state index in [0.717, 1.165) is 5.56 Å². The molecule has 1 atom stereocenters. The number of pyridine rings is 1. The quantitative estimate of drug-likeness (QED) is 0.594. The number of rotatable bonds is 8. The van der Waals surface area contributed by atoms with E-state index in [4.69, 9.17) is 4.74 Å². The Morgan fingerprint density at radius 1 is 1.30 bits per heavy atom. The lowest BCUT2D eigenvalue weighted by atomic mass is 10.2. The Kier molecular flexibility index (Phi) is 8.53. The van der Waals surface area contributed by atoms with E-state index in [1.807, 2.05) is 18.4 Å². The van der Waals surface area contributed by atoms with Gasteiger partial charge in [-0.3, -0.25) is 19.4 Å². The van der Waals surface area contributed by atoms with Crippen LogP contribution in [-0.2, 0) is 30.5 Å². The van der Waals surface area contributed by atoms with E-state index in [1.54, 1.807) is 17.3 Å². The van der Waals surface area contributed by atoms with Gasteiger partial charge in [0.1, 0.15) is 0 Å². The lowest BCUT2D eigenvalue weighted by Gasteiger charge is -2.24. The van der Waals surface area contributed by atoms with Gasteiger partial charge in [0.05, 0.1) is 38.5 Å². The fourth-order valence-electron chi connectivity index (χ4n) is 2.73. The van der Waals surface area contributed by atoms with Gasteiger partial charge < -0.3 is 19.3 Å². The normalized spacial score (nSPS) is 17.6. The van der Waals surface area contributed by atoms with Crippen LogP contribution in [0.3, 0.4) is 0 Å². The van der Waals surface area contributed by atoms with E-state index in [-0.39, 0.29) is 43.4 Å². The molecule has 0 N–H and O–H groups in total. The fraction of sp³-hybridized carbons (Fsp3) is 0.556. The molecule has 2 amide bonds. The molecular weight excluding hydrogens is 370 g/mol. The van der Waals surface area contributed by atoms with Crippen LogP contribution in [0.1, 0.15) is 12.0 Å². The third-order valence-corrected chi connectivity index (χ3v) is 4.73. The molecule has 0 radical (unpaired) electrons. The third-order valence-electron chi connectivity index (χ3n) is 4.20. The lowest BCUT2D eigenvalue weighted by Crippen LogP contribution is -2.40. The smallest absolute Gasteiger partial charge is 0.307 e. The van der Waals surface area contributed by atoms with Crippen molar-refractivity contribution in [1.29, 1.82) is 0 Å². The van der Waals surface area contributed by atoms with Crippen LogP contribution in [-0.4, -0.2) is 84.0 Å². The summed E-state index contributed by atoms with van der Waals surface area (Å²) < 4.78 is 10.6. The number of methoxy groups -OCH3 is 1. The number of amides is 2. The number of aromatic nitrogens is 1. The number of hydrogen-bond acceptors (Lipinski definition) is 7. The average molecular weight is 395 g/mol. The molecular formula is C18H25N3O5S. The minimum Gasteiger partial charge on any atom is -0.469 e. The number of carbonyl (C=O) groups is 3. The summed E-state index contributed by atoms with van der Waals surface area (Å²) in [6, 6.07) is 3.71. The van der Waals surface area contributed by atoms with Crippen molar-refractivity contribution in [1.82, 2.24) is 14.8 Å². The van der Waals surface area contributed by atoms with E-state index >= 15 is 0 Å². The summed E-state index contributed by atoms with van der Waals surface area (Å²) >= 11 is 1.42. The predicted molar refractivity (Wildman–Crippen MR) is 101 cm³/mol. The maximum atomic E-state index is 12.6. The molecule has 2 heterocycles. The Hall–Kier alpha value is -2.13. The molecule has 8 nitrogen and oxygen atoms in total. The molecule has 0 aromatic carbocycles. The molecule has 1 aromatic heterocycles. The van der Waals surface area contributed by atoms with Gasteiger partial charge in [-0.1, -0.05) is 0 Å². The summed E-state index contributed by atoms with van der Waals surface area (Å²) in [4.78, 5) is 43.4. The highest BCUT2D eigenvalue weighted by Crippen LogP contribution is 2.13. The van der Waals surface area contributed by atoms with Crippen LogP contribution in [0.4, 0.5) is 0 Å². The Balaban J connectivity index is 2.06. The molecule has 2 rings (SSSR count). The molecule has 1 saturated heterocycles. The molecule has 1 aromatic rings. The molecule has 0 aliphatic carbocycles. The van der Waals surface area contributed by atoms with Crippen LogP contribution in [0.15, 0.2) is 24.5 Å². The van der Waals surface area contributed by atoms with Crippen molar-refractivity contribution in [2.75, 3.05) is 45.3 Å². The molecule has 27 heavy (non-hydrogen) atoms. The molecule has 1 aliphatic rings. The van der Waals surface area contributed by atoms with Crippen LogP contribution < -0.4 is 0 Å². The summed E-state index contributed by atoms with van der Waals surface area (Å²) in [5.41, 5.74) is 0.962. The van der Waals surface area contributed by atoms with Crippen LogP contribution in [0, 0.1) is 0 Å². The molecule has 1 aliphatic heterocycles. The van der Waals surface area contributed by atoms with E-state index in [0.29, 0.717) is 25.4 Å². The maximum Gasteiger partial charge on any atom is 0.307 e. The topological polar surface area (TPSA) is 89.0 Å². The molecule has 1 unspecified atom stereocenters. The summed E-state index contributed by atoms with van der Waals surface area (Å²) in [6.45, 7) is 1.26. The first-order valence-electron chi connectivity index (χ1n) is 8.65. The first-order valence-corrected chi connectivity index (χ1v) is 10.0. The highest BCUT2D eigenvalue weighted by molar-refractivity contribution is 7.99. The largest absolute Gasteiger partial charge is 0.469 e. The number of ether oxygens (including phenoxy) is 2. The molecule has 148 valence electrons. The third kappa shape index (κ3) is 6.84. The standard InChI is InChI=1S/C18H25N3O5S/c1-25-18(24)5-8-20-9-15(26-12-14-3-6-19-7-4-14)10-21(11-16(20)22)17(23)13-27-2/h3-4,6-7,15H,5,8-13H2,1-2H3. The van der Waals surface area contributed by atoms with E-state index in [2.05, 4.69) is 9.72 Å². The van der Waals surface area contributed by atoms with Crippen molar-refractivity contribution < 1.29 is 23.9 Å². The fourth-order valence-corrected chi connectivity index (χ4v) is 3.16. The average Bonchev–Trinajstić information content (AvgIpc) is 2.84. The van der Waals surface area contributed by atoms with Crippen LogP contribution in [0.5, 0.6) is 0 Å². The van der Waals surface area contributed by atoms with Gasteiger partial charge in [-0.25, -0.2) is 0 Å². The Morgan fingerprint density at radius 2 is 2.04 bits per heavy atom. The van der Waals surface area contributed by atoms with Crippen LogP contribution in [0.25, 0.3) is 0 Å². The zero-order valence-electron chi connectivity index (χ0n) is 15.6. The highest BCUT2D eigenvalue weighted by Gasteiger charge is 2.30. The Labute approximate surface area is 163 Å². The zero-order valence-corrected chi connectivity index (χ0v) is 16.4. The van der Waals surface area contributed by atoms with Crippen molar-refractivity contribution in [3.63, 3.8) is 0 Å². The minimum absolute atomic E-state index is 0.00428. The number of esters is 1. The number of nitrogens with zero attached hydrogens (tertiary/aromatic N) is 3. The number of carbonyl (C=O) groups excluding carboxylic acids is 3. The molecule has 9 heteroatoms. The van der Waals surface area contributed by atoms with E-state index in [1.165, 1.54) is 23.8 Å². The second-order valence-corrected chi connectivity index (χ2v) is 7.03. The van der Waals surface area contributed by atoms with Gasteiger partial charge in [0.2, 0.25) is 11.8 Å². The summed E-state index contributed by atoms with van der Waals surface area (Å²) in [6.07, 6.45) is 4.99. The first-order chi connectivity index (χ1) is 13.0. The van der Waals surface area contributed by atoms with Gasteiger partial charge in [-0.05, 0) is 24.0 Å². The van der Waals surface area contributed by atoms with Crippen LogP contribution in [0.2, 0.25) is 0 Å². The Bertz CT molecular complexity index is 643. The molecule has 1 fully saturated rings. The summed E-state index contributed by atoms with van der Waals surface area (Å²) in [7, 11) is 1.32. The van der Waals surface area contributed by atoms with Crippen molar-refractivity contribution in [3.05, 3.63) is 30.1 Å². The Morgan fingerprint density at radius 3 is 2.70 bits per heavy atom. The van der Waals surface area contributed by atoms with Gasteiger partial charge in [0.25, 0.3) is 0 Å². The van der Waals surface area contributed by atoms with Crippen LogP contribution >= 0.6 is 11.8 Å². The van der Waals surface area contributed by atoms with Gasteiger partial charge in [0.15, 0.2) is 0 Å². The molecule has 0 spiro atoms. The number of hydrogen-bond donors (Lipinski definition) is 0. The predicted octanol–water partition coefficient (Wildman–Crippen LogP) is 0.564. The molecule has 0 bridgehead atoms. The van der Waals surface area contributed by atoms with Crippen molar-refractivity contribution in [3.8, 4) is 0 Å². The number of thioether (sulfide) groups is 1. The van der Waals surface area contributed by atoms with Gasteiger partial charge in [0, 0.05) is 32.0 Å². The summed E-state index contributed by atoms with van der Waals surface area (Å²) in [5, 5.41) is 0. The maximum absolute atomic E-state index is 12.6. The molecule has 0 saturated carbocycles. The highest BCUT2D eigenvalue weighted by atomic mass is 32.2. The van der Waals surface area contributed by atoms with Crippen molar-refractivity contribution in [2.45, 2.75) is 19.1 Å². The first kappa shape index (κ1) is 21.2. The van der Waals surface area contributed by atoms with E-state index < -0.39 is 0 Å².